The molecule has 116 valence electrons. The number of amides is 1. The number of carboxylic acid groups (broad SMARTS) is 1. The molecule has 0 saturated carbocycles. The highest BCUT2D eigenvalue weighted by Crippen LogP contribution is 2.14. The summed E-state index contributed by atoms with van der Waals surface area (Å²) in [7, 11) is 0. The minimum absolute atomic E-state index is 0.0827. The van der Waals surface area contributed by atoms with Crippen molar-refractivity contribution in [2.75, 3.05) is 6.54 Å². The molecule has 0 unspecified atom stereocenters. The van der Waals surface area contributed by atoms with Gasteiger partial charge in [0.15, 0.2) is 0 Å². The summed E-state index contributed by atoms with van der Waals surface area (Å²) in [5.74, 6) is -1.22. The Morgan fingerprint density at radius 1 is 1.24 bits per heavy atom. The van der Waals surface area contributed by atoms with Crippen LogP contribution in [0.1, 0.15) is 43.6 Å². The van der Waals surface area contributed by atoms with E-state index in [1.54, 1.807) is 26.0 Å². The molecule has 5 nitrogen and oxygen atoms in total. The topological polar surface area (TPSA) is 75.6 Å². The van der Waals surface area contributed by atoms with Gasteiger partial charge < -0.3 is 15.2 Å². The molecule has 1 aromatic carbocycles. The SMILES string of the molecule is CC(C)OCc1ccc(C(=O)NCC(C)(C)C(=O)O)cc1. The molecule has 0 radical (unpaired) electrons. The molecule has 0 aromatic heterocycles. The molecule has 0 atom stereocenters. The van der Waals surface area contributed by atoms with Crippen LogP contribution in [0.5, 0.6) is 0 Å². The summed E-state index contributed by atoms with van der Waals surface area (Å²) in [5.41, 5.74) is 0.511. The number of carbonyl (C=O) groups is 2. The third-order valence-electron chi connectivity index (χ3n) is 3.07. The third-order valence-corrected chi connectivity index (χ3v) is 3.07. The van der Waals surface area contributed by atoms with Crippen molar-refractivity contribution in [3.8, 4) is 0 Å². The lowest BCUT2D eigenvalue weighted by molar-refractivity contribution is -0.146. The lowest BCUT2D eigenvalue weighted by atomic mass is 9.94. The second kappa shape index (κ2) is 7.22. The lowest BCUT2D eigenvalue weighted by Gasteiger charge is -2.19. The first kappa shape index (κ1) is 17.2. The van der Waals surface area contributed by atoms with Crippen LogP contribution in [0.4, 0.5) is 0 Å². The molecule has 0 aliphatic heterocycles. The van der Waals surface area contributed by atoms with Gasteiger partial charge in [-0.1, -0.05) is 12.1 Å². The Morgan fingerprint density at radius 2 is 1.81 bits per heavy atom. The van der Waals surface area contributed by atoms with E-state index in [4.69, 9.17) is 9.84 Å². The summed E-state index contributed by atoms with van der Waals surface area (Å²) in [6, 6.07) is 7.09. The quantitative estimate of drug-likeness (QED) is 0.809. The molecule has 1 rings (SSSR count). The molecule has 0 fully saturated rings. The van der Waals surface area contributed by atoms with E-state index >= 15 is 0 Å². The van der Waals surface area contributed by atoms with Gasteiger partial charge in [-0.25, -0.2) is 0 Å². The fraction of sp³-hybridized carbons (Fsp3) is 0.500. The smallest absolute Gasteiger partial charge is 0.310 e. The van der Waals surface area contributed by atoms with E-state index in [1.165, 1.54) is 0 Å². The van der Waals surface area contributed by atoms with E-state index in [-0.39, 0.29) is 18.6 Å². The standard InChI is InChI=1S/C16H23NO4/c1-11(2)21-9-12-5-7-13(8-6-12)14(18)17-10-16(3,4)15(19)20/h5-8,11H,9-10H2,1-4H3,(H,17,18)(H,19,20). The fourth-order valence-electron chi connectivity index (χ4n) is 1.49. The number of rotatable bonds is 7. The van der Waals surface area contributed by atoms with E-state index in [9.17, 15) is 9.59 Å². The highest BCUT2D eigenvalue weighted by atomic mass is 16.5. The number of carboxylic acids is 1. The Labute approximate surface area is 125 Å². The van der Waals surface area contributed by atoms with Crippen LogP contribution in [0.25, 0.3) is 0 Å². The number of carbonyl (C=O) groups excluding carboxylic acids is 1. The number of hydrogen-bond acceptors (Lipinski definition) is 3. The van der Waals surface area contributed by atoms with Gasteiger partial charge in [-0.2, -0.15) is 0 Å². The maximum atomic E-state index is 12.0. The summed E-state index contributed by atoms with van der Waals surface area (Å²) in [6.07, 6.45) is 0.159. The molecule has 0 heterocycles. The van der Waals surface area contributed by atoms with Gasteiger partial charge >= 0.3 is 5.97 Å². The Kier molecular flexibility index (Phi) is 5.90. The van der Waals surface area contributed by atoms with Crippen molar-refractivity contribution >= 4 is 11.9 Å². The third kappa shape index (κ3) is 5.55. The summed E-state index contributed by atoms with van der Waals surface area (Å²) in [4.78, 5) is 22.9. The van der Waals surface area contributed by atoms with Gasteiger partial charge in [0.1, 0.15) is 0 Å². The fourth-order valence-corrected chi connectivity index (χ4v) is 1.49. The Bertz CT molecular complexity index is 492. The van der Waals surface area contributed by atoms with Gasteiger partial charge in [0.05, 0.1) is 18.1 Å². The summed E-state index contributed by atoms with van der Waals surface area (Å²) >= 11 is 0. The molecule has 0 spiro atoms. The van der Waals surface area contributed by atoms with Crippen LogP contribution < -0.4 is 5.32 Å². The van der Waals surface area contributed by atoms with E-state index in [0.717, 1.165) is 5.56 Å². The lowest BCUT2D eigenvalue weighted by Crippen LogP contribution is -2.38. The Hall–Kier alpha value is -1.88. The maximum absolute atomic E-state index is 12.0. The van der Waals surface area contributed by atoms with Gasteiger partial charge in [-0.3, -0.25) is 9.59 Å². The van der Waals surface area contributed by atoms with Gasteiger partial charge in [0, 0.05) is 12.1 Å². The molecular formula is C16H23NO4. The molecule has 0 saturated heterocycles. The maximum Gasteiger partial charge on any atom is 0.310 e. The first-order chi connectivity index (χ1) is 9.72. The van der Waals surface area contributed by atoms with Crippen molar-refractivity contribution in [2.24, 2.45) is 5.41 Å². The summed E-state index contributed by atoms with van der Waals surface area (Å²) < 4.78 is 5.48. The van der Waals surface area contributed by atoms with Crippen LogP contribution in [0.3, 0.4) is 0 Å². The number of nitrogens with one attached hydrogen (secondary N) is 1. The van der Waals surface area contributed by atoms with Crippen LogP contribution >= 0.6 is 0 Å². The summed E-state index contributed by atoms with van der Waals surface area (Å²) in [5, 5.41) is 11.6. The molecule has 5 heteroatoms. The minimum Gasteiger partial charge on any atom is -0.481 e. The average molecular weight is 293 g/mol. The second-order valence-corrected chi connectivity index (χ2v) is 5.93. The molecule has 0 aliphatic carbocycles. The largest absolute Gasteiger partial charge is 0.481 e. The normalized spacial score (nSPS) is 11.5. The van der Waals surface area contributed by atoms with Crippen LogP contribution in [0.15, 0.2) is 24.3 Å². The molecule has 1 aromatic rings. The predicted molar refractivity (Wildman–Crippen MR) is 80.1 cm³/mol. The van der Waals surface area contributed by atoms with Gasteiger partial charge in [-0.05, 0) is 45.4 Å². The Balaban J connectivity index is 2.57. The van der Waals surface area contributed by atoms with Crippen molar-refractivity contribution in [1.29, 1.82) is 0 Å². The highest BCUT2D eigenvalue weighted by Gasteiger charge is 2.27. The number of ether oxygens (including phenoxy) is 1. The zero-order chi connectivity index (χ0) is 16.0. The molecule has 0 aliphatic rings. The molecule has 21 heavy (non-hydrogen) atoms. The molecule has 2 N–H and O–H groups in total. The van der Waals surface area contributed by atoms with E-state index in [1.807, 2.05) is 26.0 Å². The monoisotopic (exact) mass is 293 g/mol. The molecule has 0 bridgehead atoms. The number of aliphatic carboxylic acids is 1. The predicted octanol–water partition coefficient (Wildman–Crippen LogP) is 2.45. The van der Waals surface area contributed by atoms with Gasteiger partial charge in [-0.15, -0.1) is 0 Å². The van der Waals surface area contributed by atoms with E-state index in [2.05, 4.69) is 5.32 Å². The first-order valence-corrected chi connectivity index (χ1v) is 6.94. The van der Waals surface area contributed by atoms with Crippen molar-refractivity contribution in [3.05, 3.63) is 35.4 Å². The zero-order valence-electron chi connectivity index (χ0n) is 13.0. The minimum atomic E-state index is -0.985. The van der Waals surface area contributed by atoms with Crippen molar-refractivity contribution < 1.29 is 19.4 Å². The summed E-state index contributed by atoms with van der Waals surface area (Å²) in [6.45, 7) is 7.66. The average Bonchev–Trinajstić information content (AvgIpc) is 2.43. The van der Waals surface area contributed by atoms with Crippen LogP contribution in [-0.4, -0.2) is 29.6 Å². The first-order valence-electron chi connectivity index (χ1n) is 6.94. The van der Waals surface area contributed by atoms with Crippen LogP contribution in [0, 0.1) is 5.41 Å². The Morgan fingerprint density at radius 3 is 2.29 bits per heavy atom. The van der Waals surface area contributed by atoms with Crippen LogP contribution in [-0.2, 0) is 16.1 Å². The molecule has 1 amide bonds. The second-order valence-electron chi connectivity index (χ2n) is 5.93. The number of hydrogen-bond donors (Lipinski definition) is 2. The van der Waals surface area contributed by atoms with Crippen molar-refractivity contribution in [2.45, 2.75) is 40.4 Å². The molecular weight excluding hydrogens is 270 g/mol. The number of benzene rings is 1. The van der Waals surface area contributed by atoms with Crippen molar-refractivity contribution in [3.63, 3.8) is 0 Å². The van der Waals surface area contributed by atoms with Gasteiger partial charge in [0.25, 0.3) is 5.91 Å². The van der Waals surface area contributed by atoms with E-state index < -0.39 is 11.4 Å². The van der Waals surface area contributed by atoms with Crippen molar-refractivity contribution in [1.82, 2.24) is 5.32 Å². The highest BCUT2D eigenvalue weighted by molar-refractivity contribution is 5.94. The van der Waals surface area contributed by atoms with Gasteiger partial charge in [0.2, 0.25) is 0 Å². The van der Waals surface area contributed by atoms with E-state index in [0.29, 0.717) is 12.2 Å². The van der Waals surface area contributed by atoms with Crippen LogP contribution in [0.2, 0.25) is 0 Å². The zero-order valence-corrected chi connectivity index (χ0v) is 13.0.